The predicted octanol–water partition coefficient (Wildman–Crippen LogP) is 1.76. The van der Waals surface area contributed by atoms with E-state index < -0.39 is 9.84 Å². The number of nitrogens with zero attached hydrogens (tertiary/aromatic N) is 3. The SMILES string of the molecule is CN(CCS(C)(=O)=O)c1nnc(Cl)c2ccccc12. The molecule has 1 aromatic carbocycles. The van der Waals surface area contributed by atoms with Crippen molar-refractivity contribution in [2.45, 2.75) is 0 Å². The average molecular weight is 300 g/mol. The second-order valence-corrected chi connectivity index (χ2v) is 7.03. The van der Waals surface area contributed by atoms with Crippen LogP contribution in [0.2, 0.25) is 5.15 Å². The molecular weight excluding hydrogens is 286 g/mol. The van der Waals surface area contributed by atoms with Crippen molar-refractivity contribution in [2.24, 2.45) is 0 Å². The molecule has 0 aliphatic carbocycles. The van der Waals surface area contributed by atoms with E-state index in [-0.39, 0.29) is 5.75 Å². The molecule has 7 heteroatoms. The van der Waals surface area contributed by atoms with Gasteiger partial charge in [0.1, 0.15) is 9.84 Å². The summed E-state index contributed by atoms with van der Waals surface area (Å²) in [5.41, 5.74) is 0. The minimum absolute atomic E-state index is 0.0716. The monoisotopic (exact) mass is 299 g/mol. The molecule has 2 aromatic rings. The van der Waals surface area contributed by atoms with Gasteiger partial charge in [0.25, 0.3) is 0 Å². The number of sulfone groups is 1. The van der Waals surface area contributed by atoms with Crippen molar-refractivity contribution in [1.82, 2.24) is 10.2 Å². The smallest absolute Gasteiger partial charge is 0.159 e. The Labute approximate surface area is 117 Å². The number of benzene rings is 1. The molecule has 5 nitrogen and oxygen atoms in total. The molecule has 0 saturated carbocycles. The van der Waals surface area contributed by atoms with Crippen LogP contribution in [0.3, 0.4) is 0 Å². The molecule has 0 spiro atoms. The van der Waals surface area contributed by atoms with E-state index in [1.807, 2.05) is 24.3 Å². The summed E-state index contributed by atoms with van der Waals surface area (Å²) < 4.78 is 22.4. The van der Waals surface area contributed by atoms with Crippen molar-refractivity contribution < 1.29 is 8.42 Å². The van der Waals surface area contributed by atoms with E-state index in [4.69, 9.17) is 11.6 Å². The first-order valence-corrected chi connectivity index (χ1v) is 8.12. The summed E-state index contributed by atoms with van der Waals surface area (Å²) in [6, 6.07) is 7.51. The van der Waals surface area contributed by atoms with Crippen molar-refractivity contribution in [3.8, 4) is 0 Å². The van der Waals surface area contributed by atoms with Crippen LogP contribution in [0.5, 0.6) is 0 Å². The van der Waals surface area contributed by atoms with Crippen LogP contribution in [-0.2, 0) is 9.84 Å². The van der Waals surface area contributed by atoms with E-state index >= 15 is 0 Å². The van der Waals surface area contributed by atoms with Gasteiger partial charge in [-0.25, -0.2) is 8.42 Å². The Kier molecular flexibility index (Phi) is 3.91. The third-order valence-electron chi connectivity index (χ3n) is 2.78. The van der Waals surface area contributed by atoms with Crippen LogP contribution < -0.4 is 4.90 Å². The summed E-state index contributed by atoms with van der Waals surface area (Å²) in [6.45, 7) is 0.360. The fraction of sp³-hybridized carbons (Fsp3) is 0.333. The van der Waals surface area contributed by atoms with Gasteiger partial charge in [-0.15, -0.1) is 10.2 Å². The fourth-order valence-corrected chi connectivity index (χ4v) is 2.56. The Morgan fingerprint density at radius 3 is 2.47 bits per heavy atom. The largest absolute Gasteiger partial charge is 0.357 e. The lowest BCUT2D eigenvalue weighted by atomic mass is 10.2. The zero-order chi connectivity index (χ0) is 14.0. The van der Waals surface area contributed by atoms with Gasteiger partial charge in [-0.05, 0) is 0 Å². The first kappa shape index (κ1) is 14.0. The maximum absolute atomic E-state index is 11.2. The van der Waals surface area contributed by atoms with Gasteiger partial charge in [0.2, 0.25) is 0 Å². The van der Waals surface area contributed by atoms with Gasteiger partial charge in [-0.3, -0.25) is 0 Å². The molecule has 0 saturated heterocycles. The van der Waals surface area contributed by atoms with Crippen molar-refractivity contribution in [3.05, 3.63) is 29.4 Å². The van der Waals surface area contributed by atoms with Crippen LogP contribution in [0, 0.1) is 0 Å². The molecule has 102 valence electrons. The van der Waals surface area contributed by atoms with Crippen LogP contribution >= 0.6 is 11.6 Å². The molecule has 0 radical (unpaired) electrons. The Balaban J connectivity index is 2.37. The molecule has 0 fully saturated rings. The Morgan fingerprint density at radius 1 is 1.21 bits per heavy atom. The Hall–Kier alpha value is -1.40. The summed E-state index contributed by atoms with van der Waals surface area (Å²) >= 11 is 6.00. The minimum Gasteiger partial charge on any atom is -0.357 e. The molecule has 0 aliphatic rings. The highest BCUT2D eigenvalue weighted by Crippen LogP contribution is 2.27. The van der Waals surface area contributed by atoms with Gasteiger partial charge >= 0.3 is 0 Å². The highest BCUT2D eigenvalue weighted by atomic mass is 35.5. The number of halogens is 1. The highest BCUT2D eigenvalue weighted by molar-refractivity contribution is 7.90. The Bertz CT molecular complexity index is 703. The van der Waals surface area contributed by atoms with Gasteiger partial charge in [-0.2, -0.15) is 0 Å². The first-order chi connectivity index (χ1) is 8.88. The normalized spacial score (nSPS) is 11.7. The predicted molar refractivity (Wildman–Crippen MR) is 77.5 cm³/mol. The van der Waals surface area contributed by atoms with E-state index in [1.54, 1.807) is 11.9 Å². The number of rotatable bonds is 4. The van der Waals surface area contributed by atoms with Crippen LogP contribution in [-0.4, -0.2) is 44.2 Å². The quantitative estimate of drug-likeness (QED) is 0.861. The molecule has 0 aliphatic heterocycles. The molecule has 0 atom stereocenters. The lowest BCUT2D eigenvalue weighted by molar-refractivity contribution is 0.601. The molecule has 0 N–H and O–H groups in total. The lowest BCUT2D eigenvalue weighted by Gasteiger charge is -2.18. The molecule has 0 unspecified atom stereocenters. The number of anilines is 1. The number of fused-ring (bicyclic) bond motifs is 1. The van der Waals surface area contributed by atoms with E-state index in [0.717, 1.165) is 10.8 Å². The maximum atomic E-state index is 11.2. The first-order valence-electron chi connectivity index (χ1n) is 5.68. The number of hydrogen-bond donors (Lipinski definition) is 0. The van der Waals surface area contributed by atoms with Gasteiger partial charge in [-0.1, -0.05) is 35.9 Å². The lowest BCUT2D eigenvalue weighted by Crippen LogP contribution is -2.26. The molecule has 1 aromatic heterocycles. The average Bonchev–Trinajstić information content (AvgIpc) is 2.36. The third-order valence-corrected chi connectivity index (χ3v) is 3.99. The molecule has 0 amide bonds. The molecule has 1 heterocycles. The summed E-state index contributed by atoms with van der Waals surface area (Å²) in [6.07, 6.45) is 1.21. The zero-order valence-electron chi connectivity index (χ0n) is 10.7. The Morgan fingerprint density at radius 2 is 1.84 bits per heavy atom. The van der Waals surface area contributed by atoms with E-state index in [2.05, 4.69) is 10.2 Å². The van der Waals surface area contributed by atoms with Gasteiger partial charge in [0, 0.05) is 30.6 Å². The van der Waals surface area contributed by atoms with Crippen LogP contribution in [0.4, 0.5) is 5.82 Å². The maximum Gasteiger partial charge on any atom is 0.159 e. The zero-order valence-corrected chi connectivity index (χ0v) is 12.2. The van der Waals surface area contributed by atoms with Gasteiger partial charge in [0.05, 0.1) is 5.75 Å². The van der Waals surface area contributed by atoms with Crippen LogP contribution in [0.15, 0.2) is 24.3 Å². The number of aromatic nitrogens is 2. The van der Waals surface area contributed by atoms with Crippen molar-refractivity contribution in [2.75, 3.05) is 30.5 Å². The van der Waals surface area contributed by atoms with Crippen molar-refractivity contribution in [1.29, 1.82) is 0 Å². The summed E-state index contributed by atoms with van der Waals surface area (Å²) in [7, 11) is -1.22. The van der Waals surface area contributed by atoms with Crippen LogP contribution in [0.25, 0.3) is 10.8 Å². The van der Waals surface area contributed by atoms with Gasteiger partial charge < -0.3 is 4.90 Å². The van der Waals surface area contributed by atoms with E-state index in [9.17, 15) is 8.42 Å². The summed E-state index contributed by atoms with van der Waals surface area (Å²) in [5, 5.41) is 9.96. The molecule has 19 heavy (non-hydrogen) atoms. The van der Waals surface area contributed by atoms with Crippen molar-refractivity contribution in [3.63, 3.8) is 0 Å². The van der Waals surface area contributed by atoms with E-state index in [1.165, 1.54) is 6.26 Å². The van der Waals surface area contributed by atoms with Crippen molar-refractivity contribution >= 4 is 38.0 Å². The van der Waals surface area contributed by atoms with E-state index in [0.29, 0.717) is 17.5 Å². The summed E-state index contributed by atoms with van der Waals surface area (Å²) in [4.78, 5) is 1.77. The second-order valence-electron chi connectivity index (χ2n) is 4.41. The molecule has 2 rings (SSSR count). The third kappa shape index (κ3) is 3.33. The standard InChI is InChI=1S/C12H14ClN3O2S/c1-16(7-8-19(2,17)18)12-10-6-4-3-5-9(10)11(13)14-15-12/h3-6H,7-8H2,1-2H3. The summed E-state index contributed by atoms with van der Waals surface area (Å²) in [5.74, 6) is 0.700. The molecular formula is C12H14ClN3O2S. The highest BCUT2D eigenvalue weighted by Gasteiger charge is 2.13. The van der Waals surface area contributed by atoms with Crippen LogP contribution in [0.1, 0.15) is 0 Å². The molecule has 0 bridgehead atoms. The van der Waals surface area contributed by atoms with Gasteiger partial charge in [0.15, 0.2) is 11.0 Å². The minimum atomic E-state index is -3.00. The second kappa shape index (κ2) is 5.30. The fourth-order valence-electron chi connectivity index (χ4n) is 1.75. The number of hydrogen-bond acceptors (Lipinski definition) is 5. The topological polar surface area (TPSA) is 63.2 Å².